The first kappa shape index (κ1) is 18.8. The summed E-state index contributed by atoms with van der Waals surface area (Å²) in [5.41, 5.74) is 2.19. The van der Waals surface area contributed by atoms with Crippen LogP contribution in [0.5, 0.6) is 0 Å². The Hall–Kier alpha value is -1.98. The summed E-state index contributed by atoms with van der Waals surface area (Å²) in [5.74, 6) is 0. The Morgan fingerprint density at radius 1 is 1.15 bits per heavy atom. The lowest BCUT2D eigenvalue weighted by Crippen LogP contribution is -2.05. The summed E-state index contributed by atoms with van der Waals surface area (Å²) in [7, 11) is 1.78. The van der Waals surface area contributed by atoms with E-state index in [0.717, 1.165) is 17.8 Å². The normalized spacial score (nSPS) is 12.0. The third-order valence-corrected chi connectivity index (χ3v) is 5.25. The second kappa shape index (κ2) is 6.63. The predicted molar refractivity (Wildman–Crippen MR) is 97.3 cm³/mol. The number of benzene rings is 2. The second-order valence-corrected chi connectivity index (χ2v) is 6.93. The van der Waals surface area contributed by atoms with Crippen molar-refractivity contribution in [1.82, 2.24) is 4.57 Å². The Morgan fingerprint density at radius 3 is 2.46 bits per heavy atom. The minimum Gasteiger partial charge on any atom is -0.347 e. The third-order valence-electron chi connectivity index (χ3n) is 4.45. The summed E-state index contributed by atoms with van der Waals surface area (Å²) in [5, 5.41) is 1.15. The van der Waals surface area contributed by atoms with Crippen molar-refractivity contribution >= 4 is 40.4 Å². The number of carbonyl (C=O) groups excluding carboxylic acids is 1. The number of nitrogens with zero attached hydrogens (tertiary/aromatic N) is 1. The van der Waals surface area contributed by atoms with Crippen LogP contribution in [-0.2, 0) is 19.6 Å². The first-order valence-electron chi connectivity index (χ1n) is 7.71. The third kappa shape index (κ3) is 3.21. The van der Waals surface area contributed by atoms with Gasteiger partial charge in [-0.3, -0.25) is 4.79 Å². The summed E-state index contributed by atoms with van der Waals surface area (Å²) in [6.45, 7) is 1.65. The molecule has 0 saturated carbocycles. The van der Waals surface area contributed by atoms with Gasteiger partial charge in [-0.25, -0.2) is 0 Å². The van der Waals surface area contributed by atoms with Gasteiger partial charge in [0.1, 0.15) is 0 Å². The van der Waals surface area contributed by atoms with Gasteiger partial charge in [0.25, 0.3) is 0 Å². The fraction of sp³-hybridized carbons (Fsp3) is 0.211. The number of rotatable bonds is 3. The van der Waals surface area contributed by atoms with Crippen LogP contribution >= 0.6 is 23.2 Å². The molecule has 2 nitrogen and oxygen atoms in total. The first-order valence-corrected chi connectivity index (χ1v) is 8.47. The minimum atomic E-state index is -4.40. The number of hydrogen-bond acceptors (Lipinski definition) is 1. The molecule has 0 N–H and O–H groups in total. The molecule has 1 heterocycles. The van der Waals surface area contributed by atoms with Gasteiger partial charge in [-0.1, -0.05) is 23.2 Å². The summed E-state index contributed by atoms with van der Waals surface area (Å²) < 4.78 is 41.0. The molecular weight excluding hydrogens is 386 g/mol. The fourth-order valence-electron chi connectivity index (χ4n) is 3.18. The molecule has 1 aromatic heterocycles. The van der Waals surface area contributed by atoms with Crippen molar-refractivity contribution in [1.29, 1.82) is 0 Å². The lowest BCUT2D eigenvalue weighted by atomic mass is 10.1. The Balaban J connectivity index is 2.15. The van der Waals surface area contributed by atoms with Gasteiger partial charge in [-0.2, -0.15) is 13.2 Å². The van der Waals surface area contributed by atoms with Gasteiger partial charge >= 0.3 is 6.18 Å². The molecule has 0 atom stereocenters. The smallest absolute Gasteiger partial charge is 0.347 e. The van der Waals surface area contributed by atoms with Gasteiger partial charge in [0.05, 0.1) is 16.1 Å². The Kier molecular flexibility index (Phi) is 4.80. The van der Waals surface area contributed by atoms with Crippen LogP contribution in [0.15, 0.2) is 30.3 Å². The zero-order valence-electron chi connectivity index (χ0n) is 13.9. The molecule has 0 spiro atoms. The number of hydrogen-bond donors (Lipinski definition) is 0. The van der Waals surface area contributed by atoms with E-state index in [1.165, 1.54) is 6.07 Å². The van der Waals surface area contributed by atoms with Gasteiger partial charge < -0.3 is 4.57 Å². The van der Waals surface area contributed by atoms with E-state index in [-0.39, 0.29) is 5.02 Å². The average Bonchev–Trinajstić information content (AvgIpc) is 2.87. The number of halogens is 5. The van der Waals surface area contributed by atoms with E-state index in [1.807, 2.05) is 4.57 Å². The van der Waals surface area contributed by atoms with Crippen LogP contribution in [0.3, 0.4) is 0 Å². The summed E-state index contributed by atoms with van der Waals surface area (Å²) in [4.78, 5) is 11.1. The van der Waals surface area contributed by atoms with Crippen LogP contribution in [0.1, 0.15) is 32.7 Å². The predicted octanol–water partition coefficient (Wildman–Crippen LogP) is 6.22. The van der Waals surface area contributed by atoms with Crippen LogP contribution in [0.4, 0.5) is 13.2 Å². The molecule has 2 aromatic carbocycles. The van der Waals surface area contributed by atoms with Crippen molar-refractivity contribution < 1.29 is 18.0 Å². The number of alkyl halides is 3. The van der Waals surface area contributed by atoms with E-state index in [1.54, 1.807) is 26.1 Å². The maximum absolute atomic E-state index is 13.1. The Morgan fingerprint density at radius 2 is 1.85 bits per heavy atom. The quantitative estimate of drug-likeness (QED) is 0.479. The van der Waals surface area contributed by atoms with Gasteiger partial charge in [0, 0.05) is 35.1 Å². The van der Waals surface area contributed by atoms with Crippen molar-refractivity contribution in [2.24, 2.45) is 7.05 Å². The highest BCUT2D eigenvalue weighted by Gasteiger charge is 2.31. The molecule has 0 bridgehead atoms. The van der Waals surface area contributed by atoms with Gasteiger partial charge in [0.2, 0.25) is 0 Å². The first-order chi connectivity index (χ1) is 12.1. The van der Waals surface area contributed by atoms with Crippen LogP contribution in [0.25, 0.3) is 10.9 Å². The second-order valence-electron chi connectivity index (χ2n) is 6.15. The van der Waals surface area contributed by atoms with E-state index < -0.39 is 11.7 Å². The van der Waals surface area contributed by atoms with Gasteiger partial charge in [-0.05, 0) is 48.4 Å². The molecule has 0 aliphatic rings. The van der Waals surface area contributed by atoms with Crippen LogP contribution in [0, 0.1) is 6.92 Å². The molecule has 3 aromatic rings. The van der Waals surface area contributed by atoms with E-state index in [2.05, 4.69) is 0 Å². The van der Waals surface area contributed by atoms with E-state index in [0.29, 0.717) is 45.3 Å². The number of fused-ring (bicyclic) bond motifs is 1. The molecule has 0 aliphatic carbocycles. The average molecular weight is 400 g/mol. The van der Waals surface area contributed by atoms with Crippen molar-refractivity contribution in [2.45, 2.75) is 19.5 Å². The molecule has 0 radical (unpaired) electrons. The van der Waals surface area contributed by atoms with Crippen molar-refractivity contribution in [2.75, 3.05) is 0 Å². The molecule has 0 saturated heterocycles. The van der Waals surface area contributed by atoms with Gasteiger partial charge in [0.15, 0.2) is 6.29 Å². The molecule has 136 valence electrons. The van der Waals surface area contributed by atoms with Crippen molar-refractivity contribution in [3.63, 3.8) is 0 Å². The van der Waals surface area contributed by atoms with Crippen LogP contribution in [0.2, 0.25) is 10.0 Å². The molecule has 26 heavy (non-hydrogen) atoms. The van der Waals surface area contributed by atoms with Crippen LogP contribution < -0.4 is 0 Å². The number of aryl methyl sites for hydroxylation is 2. The largest absolute Gasteiger partial charge is 0.416 e. The molecule has 0 aliphatic heterocycles. The van der Waals surface area contributed by atoms with E-state index in [9.17, 15) is 18.0 Å². The summed E-state index contributed by atoms with van der Waals surface area (Å²) in [6, 6.07) is 7.08. The lowest BCUT2D eigenvalue weighted by Gasteiger charge is -2.11. The minimum absolute atomic E-state index is 0.255. The van der Waals surface area contributed by atoms with Crippen molar-refractivity contribution in [3.8, 4) is 0 Å². The highest BCUT2D eigenvalue weighted by molar-refractivity contribution is 6.37. The molecule has 3 rings (SSSR count). The molecule has 0 unspecified atom stereocenters. The molecule has 7 heteroatoms. The lowest BCUT2D eigenvalue weighted by molar-refractivity contribution is -0.137. The monoisotopic (exact) mass is 399 g/mol. The number of aromatic nitrogens is 1. The number of aldehydes is 1. The zero-order valence-corrected chi connectivity index (χ0v) is 15.4. The molecule has 0 fully saturated rings. The maximum atomic E-state index is 13.1. The highest BCUT2D eigenvalue weighted by Crippen LogP contribution is 2.35. The standard InChI is InChI=1S/C19H14Cl2F3NO/c1-10-5-13(19(22,23)24)6-12-7-14(25(2)18(10)12)8-15-16(20)4-3-11(9-26)17(15)21/h3-7,9H,8H2,1-2H3. The Labute approximate surface area is 158 Å². The Bertz CT molecular complexity index is 1020. The summed E-state index contributed by atoms with van der Waals surface area (Å²) >= 11 is 12.5. The molecular formula is C19H14Cl2F3NO. The maximum Gasteiger partial charge on any atom is 0.416 e. The highest BCUT2D eigenvalue weighted by atomic mass is 35.5. The van der Waals surface area contributed by atoms with Crippen molar-refractivity contribution in [3.05, 3.63) is 68.3 Å². The fourth-order valence-corrected chi connectivity index (χ4v) is 3.73. The topological polar surface area (TPSA) is 22.0 Å². The summed E-state index contributed by atoms with van der Waals surface area (Å²) in [6.07, 6.45) is -3.46. The van der Waals surface area contributed by atoms with Crippen LogP contribution in [-0.4, -0.2) is 10.9 Å². The molecule has 0 amide bonds. The number of carbonyl (C=O) groups is 1. The van der Waals surface area contributed by atoms with E-state index in [4.69, 9.17) is 23.2 Å². The zero-order chi connectivity index (χ0) is 19.2. The SMILES string of the molecule is Cc1cc(C(F)(F)F)cc2cc(Cc3c(Cl)ccc(C=O)c3Cl)n(C)c12. The van der Waals surface area contributed by atoms with E-state index >= 15 is 0 Å². The van der Waals surface area contributed by atoms with Gasteiger partial charge in [-0.15, -0.1) is 0 Å².